The highest BCUT2D eigenvalue weighted by Crippen LogP contribution is 2.42. The van der Waals surface area contributed by atoms with Crippen LogP contribution in [0.25, 0.3) is 0 Å². The molecule has 3 N–H and O–H groups in total. The predicted molar refractivity (Wildman–Crippen MR) is 99.4 cm³/mol. The molecule has 1 aromatic rings. The van der Waals surface area contributed by atoms with E-state index in [4.69, 9.17) is 9.84 Å². The fraction of sp³-hybridized carbons (Fsp3) is 0.450. The number of amides is 2. The van der Waals surface area contributed by atoms with Crippen molar-refractivity contribution in [1.82, 2.24) is 10.2 Å². The molecule has 8 heteroatoms. The van der Waals surface area contributed by atoms with Crippen molar-refractivity contribution in [3.8, 4) is 0 Å². The summed E-state index contributed by atoms with van der Waals surface area (Å²) in [5, 5.41) is 21.8. The number of hydrogen-bond donors (Lipinski definition) is 3. The van der Waals surface area contributed by atoms with E-state index in [0.29, 0.717) is 32.6 Å². The van der Waals surface area contributed by atoms with Crippen LogP contribution >= 0.6 is 0 Å². The van der Waals surface area contributed by atoms with Crippen molar-refractivity contribution in [2.75, 3.05) is 26.3 Å². The first kappa shape index (κ1) is 19.9. The minimum absolute atomic E-state index is 0.260. The van der Waals surface area contributed by atoms with Gasteiger partial charge in [-0.05, 0) is 25.3 Å². The highest BCUT2D eigenvalue weighted by Gasteiger charge is 2.48. The molecular formula is C20H24N2O6. The first-order valence-corrected chi connectivity index (χ1v) is 9.19. The van der Waals surface area contributed by atoms with E-state index in [1.807, 2.05) is 31.2 Å². The van der Waals surface area contributed by atoms with Gasteiger partial charge in [-0.1, -0.05) is 29.8 Å². The molecule has 2 aliphatic heterocycles. The van der Waals surface area contributed by atoms with E-state index in [9.17, 15) is 19.5 Å². The molecule has 0 aromatic heterocycles. The summed E-state index contributed by atoms with van der Waals surface area (Å²) in [7, 11) is 0. The Balaban J connectivity index is 1.93. The molecule has 2 amide bonds. The number of carboxylic acids is 1. The van der Waals surface area contributed by atoms with E-state index in [1.54, 1.807) is 4.90 Å². The molecule has 3 rings (SSSR count). The summed E-state index contributed by atoms with van der Waals surface area (Å²) < 4.78 is 5.40. The number of aliphatic carboxylic acids is 1. The Labute approximate surface area is 162 Å². The van der Waals surface area contributed by atoms with E-state index in [1.165, 1.54) is 0 Å². The Hall–Kier alpha value is -2.87. The lowest BCUT2D eigenvalue weighted by atomic mass is 9.73. The summed E-state index contributed by atoms with van der Waals surface area (Å²) in [4.78, 5) is 37.8. The fourth-order valence-electron chi connectivity index (χ4n) is 3.68. The minimum atomic E-state index is -1.23. The maximum atomic E-state index is 13.0. The fourth-order valence-corrected chi connectivity index (χ4v) is 3.68. The summed E-state index contributed by atoms with van der Waals surface area (Å²) in [6.45, 7) is 2.76. The van der Waals surface area contributed by atoms with Crippen molar-refractivity contribution in [3.63, 3.8) is 0 Å². The van der Waals surface area contributed by atoms with Crippen LogP contribution in [0.3, 0.4) is 0 Å². The lowest BCUT2D eigenvalue weighted by Gasteiger charge is -2.44. The van der Waals surface area contributed by atoms with Gasteiger partial charge in [0.25, 0.3) is 11.8 Å². The van der Waals surface area contributed by atoms with Crippen LogP contribution in [0.1, 0.15) is 24.0 Å². The number of carbonyl (C=O) groups excluding carboxylic acids is 2. The van der Waals surface area contributed by atoms with Gasteiger partial charge in [-0.15, -0.1) is 0 Å². The Morgan fingerprint density at radius 1 is 1.21 bits per heavy atom. The quantitative estimate of drug-likeness (QED) is 0.652. The smallest absolute Gasteiger partial charge is 0.322 e. The zero-order valence-corrected chi connectivity index (χ0v) is 15.7. The number of hydrogen-bond acceptors (Lipinski definition) is 5. The van der Waals surface area contributed by atoms with Crippen molar-refractivity contribution in [3.05, 3.63) is 46.7 Å². The van der Waals surface area contributed by atoms with E-state index in [2.05, 4.69) is 5.32 Å². The average Bonchev–Trinajstić information content (AvgIpc) is 2.67. The summed E-state index contributed by atoms with van der Waals surface area (Å²) in [5.74, 6) is -2.96. The Morgan fingerprint density at radius 3 is 2.46 bits per heavy atom. The normalized spacial score (nSPS) is 19.0. The molecule has 8 nitrogen and oxygen atoms in total. The predicted octanol–water partition coefficient (Wildman–Crippen LogP) is 1.15. The van der Waals surface area contributed by atoms with Crippen LogP contribution < -0.4 is 5.32 Å². The second-order valence-corrected chi connectivity index (χ2v) is 7.34. The van der Waals surface area contributed by atoms with Crippen molar-refractivity contribution in [1.29, 1.82) is 0 Å². The Bertz CT molecular complexity index is 808. The van der Waals surface area contributed by atoms with Crippen LogP contribution in [-0.2, 0) is 25.7 Å². The van der Waals surface area contributed by atoms with Gasteiger partial charge >= 0.3 is 5.97 Å². The molecule has 1 saturated heterocycles. The Kier molecular flexibility index (Phi) is 5.69. The van der Waals surface area contributed by atoms with Gasteiger partial charge in [-0.2, -0.15) is 0 Å². The van der Waals surface area contributed by atoms with E-state index in [-0.39, 0.29) is 17.9 Å². The van der Waals surface area contributed by atoms with Gasteiger partial charge in [-0.25, -0.2) is 0 Å². The first-order valence-electron chi connectivity index (χ1n) is 9.19. The Morgan fingerprint density at radius 2 is 1.86 bits per heavy atom. The van der Waals surface area contributed by atoms with Crippen molar-refractivity contribution in [2.45, 2.75) is 26.3 Å². The monoisotopic (exact) mass is 388 g/mol. The summed E-state index contributed by atoms with van der Waals surface area (Å²) in [6.07, 6.45) is 0.957. The van der Waals surface area contributed by atoms with Crippen LogP contribution in [0.4, 0.5) is 0 Å². The number of rotatable bonds is 5. The third-order valence-corrected chi connectivity index (χ3v) is 5.30. The molecule has 0 saturated carbocycles. The molecule has 1 aromatic carbocycles. The number of nitrogens with zero attached hydrogens (tertiary/aromatic N) is 1. The topological polar surface area (TPSA) is 116 Å². The van der Waals surface area contributed by atoms with Crippen LogP contribution in [0.15, 0.2) is 35.6 Å². The number of aliphatic hydroxyl groups excluding tert-OH is 1. The number of nitrogens with one attached hydrogen (secondary N) is 1. The first-order chi connectivity index (χ1) is 13.3. The standard InChI is InChI=1S/C20H24N2O6/c1-13-2-4-14(5-3-13)11-22-12-20(6-8-28-9-7-20)17(25)16(19(22)27)18(26)21-10-15(23)24/h2-5,25H,6-12H2,1H3,(H,21,26)(H,23,24). The van der Waals surface area contributed by atoms with Crippen LogP contribution in [0, 0.1) is 12.3 Å². The van der Waals surface area contributed by atoms with E-state index in [0.717, 1.165) is 11.1 Å². The highest BCUT2D eigenvalue weighted by molar-refractivity contribution is 6.19. The van der Waals surface area contributed by atoms with Gasteiger partial charge in [0.05, 0.1) is 5.41 Å². The number of ether oxygens (including phenoxy) is 1. The molecular weight excluding hydrogens is 364 g/mol. The second kappa shape index (κ2) is 8.02. The molecule has 150 valence electrons. The van der Waals surface area contributed by atoms with Gasteiger partial charge in [-0.3, -0.25) is 14.4 Å². The number of carbonyl (C=O) groups is 3. The SMILES string of the molecule is Cc1ccc(CN2CC3(CCOCC3)C(O)=C(C(=O)NCC(=O)O)C2=O)cc1. The number of aliphatic hydroxyl groups is 1. The van der Waals surface area contributed by atoms with Crippen LogP contribution in [0.5, 0.6) is 0 Å². The molecule has 2 aliphatic rings. The zero-order valence-electron chi connectivity index (χ0n) is 15.7. The number of aryl methyl sites for hydroxylation is 1. The van der Waals surface area contributed by atoms with Crippen LogP contribution in [0.2, 0.25) is 0 Å². The molecule has 28 heavy (non-hydrogen) atoms. The van der Waals surface area contributed by atoms with Crippen molar-refractivity contribution < 1.29 is 29.3 Å². The summed E-state index contributed by atoms with van der Waals surface area (Å²) in [5.41, 5.74) is 0.877. The third kappa shape index (κ3) is 4.01. The lowest BCUT2D eigenvalue weighted by molar-refractivity contribution is -0.140. The maximum absolute atomic E-state index is 13.0. The van der Waals surface area contributed by atoms with Gasteiger partial charge in [0.1, 0.15) is 17.9 Å². The number of benzene rings is 1. The highest BCUT2D eigenvalue weighted by atomic mass is 16.5. The molecule has 0 bridgehead atoms. The number of carboxylic acid groups (broad SMARTS) is 1. The minimum Gasteiger partial charge on any atom is -0.511 e. The summed E-state index contributed by atoms with van der Waals surface area (Å²) >= 11 is 0. The zero-order chi connectivity index (χ0) is 20.3. The van der Waals surface area contributed by atoms with Gasteiger partial charge in [0.15, 0.2) is 0 Å². The molecule has 0 atom stereocenters. The molecule has 1 fully saturated rings. The van der Waals surface area contributed by atoms with E-state index >= 15 is 0 Å². The lowest BCUT2D eigenvalue weighted by Crippen LogP contribution is -2.52. The molecule has 2 heterocycles. The molecule has 0 radical (unpaired) electrons. The summed E-state index contributed by atoms with van der Waals surface area (Å²) in [6, 6.07) is 7.73. The van der Waals surface area contributed by atoms with Crippen LogP contribution in [-0.4, -0.2) is 59.2 Å². The molecule has 0 unspecified atom stereocenters. The van der Waals surface area contributed by atoms with Crippen molar-refractivity contribution in [2.24, 2.45) is 5.41 Å². The second-order valence-electron chi connectivity index (χ2n) is 7.34. The maximum Gasteiger partial charge on any atom is 0.322 e. The van der Waals surface area contributed by atoms with Crippen molar-refractivity contribution >= 4 is 17.8 Å². The van der Waals surface area contributed by atoms with Gasteiger partial charge < -0.3 is 25.2 Å². The third-order valence-electron chi connectivity index (χ3n) is 5.30. The molecule has 1 spiro atoms. The average molecular weight is 388 g/mol. The largest absolute Gasteiger partial charge is 0.511 e. The van der Waals surface area contributed by atoms with Gasteiger partial charge in [0, 0.05) is 26.3 Å². The molecule has 0 aliphatic carbocycles. The van der Waals surface area contributed by atoms with E-state index < -0.39 is 29.7 Å². The van der Waals surface area contributed by atoms with Gasteiger partial charge in [0.2, 0.25) is 0 Å².